The lowest BCUT2D eigenvalue weighted by Gasteiger charge is -2.30. The van der Waals surface area contributed by atoms with Crippen LogP contribution in [0.15, 0.2) is 97.8 Å². The van der Waals surface area contributed by atoms with Crippen LogP contribution in [0.3, 0.4) is 0 Å². The van der Waals surface area contributed by atoms with Crippen molar-refractivity contribution in [2.75, 3.05) is 13.1 Å². The summed E-state index contributed by atoms with van der Waals surface area (Å²) >= 11 is 0. The van der Waals surface area contributed by atoms with Crippen LogP contribution in [-0.4, -0.2) is 62.7 Å². The van der Waals surface area contributed by atoms with Gasteiger partial charge in [0, 0.05) is 47.6 Å². The smallest absolute Gasteiger partial charge is 0.181 e. The first-order chi connectivity index (χ1) is 21.3. The number of aromatic nitrogens is 9. The van der Waals surface area contributed by atoms with Gasteiger partial charge in [0.1, 0.15) is 17.8 Å². The second-order valence-electron chi connectivity index (χ2n) is 11.0. The number of fused-ring (bicyclic) bond motifs is 3. The predicted octanol–water partition coefficient (Wildman–Crippen LogP) is 5.57. The van der Waals surface area contributed by atoms with E-state index in [4.69, 9.17) is 4.98 Å². The highest BCUT2D eigenvalue weighted by atomic mass is 15.2. The van der Waals surface area contributed by atoms with E-state index < -0.39 is 0 Å². The zero-order valence-electron chi connectivity index (χ0n) is 23.4. The minimum Gasteiger partial charge on any atom is -0.323 e. The van der Waals surface area contributed by atoms with Gasteiger partial charge in [-0.25, -0.2) is 9.97 Å². The van der Waals surface area contributed by atoms with E-state index in [0.29, 0.717) is 17.4 Å². The number of hydrogen-bond donors (Lipinski definition) is 1. The van der Waals surface area contributed by atoms with Crippen molar-refractivity contribution >= 4 is 16.6 Å². The number of rotatable bonds is 6. The molecule has 0 saturated carbocycles. The molecule has 0 radical (unpaired) electrons. The zero-order valence-corrected chi connectivity index (χ0v) is 23.4. The molecule has 43 heavy (non-hydrogen) atoms. The minimum absolute atomic E-state index is 0.367. The maximum absolute atomic E-state index is 5.14. The number of H-pyrrole nitrogens is 1. The molecule has 210 valence electrons. The Morgan fingerprint density at radius 3 is 2.53 bits per heavy atom. The van der Waals surface area contributed by atoms with Crippen LogP contribution in [-0.2, 0) is 6.54 Å². The van der Waals surface area contributed by atoms with Crippen LogP contribution < -0.4 is 0 Å². The first-order valence-electron chi connectivity index (χ1n) is 14.5. The quantitative estimate of drug-likeness (QED) is 0.279. The number of aromatic amines is 1. The molecule has 10 nitrogen and oxygen atoms in total. The van der Waals surface area contributed by atoms with Crippen molar-refractivity contribution in [3.63, 3.8) is 0 Å². The Hall–Kier alpha value is -5.35. The molecule has 6 heterocycles. The summed E-state index contributed by atoms with van der Waals surface area (Å²) in [7, 11) is 0. The molecular formula is C33H28N10. The Morgan fingerprint density at radius 1 is 0.860 bits per heavy atom. The lowest BCUT2D eigenvalue weighted by molar-refractivity contribution is 0.202. The molecule has 1 aliphatic heterocycles. The van der Waals surface area contributed by atoms with Gasteiger partial charge in [0.25, 0.3) is 0 Å². The Bertz CT molecular complexity index is 2010. The molecule has 1 saturated heterocycles. The van der Waals surface area contributed by atoms with E-state index in [0.717, 1.165) is 77.2 Å². The molecule has 0 spiro atoms. The summed E-state index contributed by atoms with van der Waals surface area (Å²) in [4.78, 5) is 19.5. The number of nitrogens with one attached hydrogen (secondary N) is 1. The molecule has 1 N–H and O–H groups in total. The van der Waals surface area contributed by atoms with Gasteiger partial charge in [-0.1, -0.05) is 54.6 Å². The SMILES string of the molecule is c1ccc(-c2cc3c(ccn4cnnc34)nc2-c2ccc(CN3CCC(c4nnc(-c5cnccn5)[nH]4)CC3)cc2)cc1. The normalized spacial score (nSPS) is 14.5. The molecule has 0 amide bonds. The fraction of sp³-hybridized carbons (Fsp3) is 0.182. The van der Waals surface area contributed by atoms with Gasteiger partial charge >= 0.3 is 0 Å². The topological polar surface area (TPSA) is 114 Å². The molecule has 5 aromatic heterocycles. The largest absolute Gasteiger partial charge is 0.323 e. The molecule has 8 rings (SSSR count). The van der Waals surface area contributed by atoms with E-state index in [-0.39, 0.29) is 0 Å². The van der Waals surface area contributed by atoms with Crippen LogP contribution in [0.5, 0.6) is 0 Å². The summed E-state index contributed by atoms with van der Waals surface area (Å²) in [6.45, 7) is 2.93. The fourth-order valence-electron chi connectivity index (χ4n) is 5.97. The third kappa shape index (κ3) is 4.91. The first kappa shape index (κ1) is 25.4. The number of likely N-dealkylation sites (tertiary alicyclic amines) is 1. The number of benzene rings is 2. The van der Waals surface area contributed by atoms with Crippen molar-refractivity contribution < 1.29 is 0 Å². The third-order valence-electron chi connectivity index (χ3n) is 8.26. The Balaban J connectivity index is 1.00. The number of hydrogen-bond acceptors (Lipinski definition) is 8. The van der Waals surface area contributed by atoms with E-state index in [1.807, 2.05) is 22.7 Å². The lowest BCUT2D eigenvalue weighted by atomic mass is 9.95. The van der Waals surface area contributed by atoms with Crippen LogP contribution >= 0.6 is 0 Å². The van der Waals surface area contributed by atoms with Gasteiger partial charge < -0.3 is 4.98 Å². The van der Waals surface area contributed by atoms with Gasteiger partial charge in [0.2, 0.25) is 0 Å². The van der Waals surface area contributed by atoms with Crippen molar-refractivity contribution in [2.45, 2.75) is 25.3 Å². The van der Waals surface area contributed by atoms with Crippen molar-refractivity contribution in [3.05, 3.63) is 109 Å². The average molecular weight is 565 g/mol. The Labute approximate surface area is 247 Å². The zero-order chi connectivity index (χ0) is 28.6. The molecule has 0 atom stereocenters. The van der Waals surface area contributed by atoms with Crippen molar-refractivity contribution in [1.82, 2.24) is 49.6 Å². The van der Waals surface area contributed by atoms with Gasteiger partial charge in [-0.05, 0) is 49.2 Å². The number of nitrogens with zero attached hydrogens (tertiary/aromatic N) is 9. The van der Waals surface area contributed by atoms with E-state index in [1.165, 1.54) is 5.56 Å². The van der Waals surface area contributed by atoms with E-state index in [9.17, 15) is 0 Å². The van der Waals surface area contributed by atoms with E-state index in [1.54, 1.807) is 24.9 Å². The van der Waals surface area contributed by atoms with Crippen molar-refractivity contribution in [3.8, 4) is 33.9 Å². The summed E-state index contributed by atoms with van der Waals surface area (Å²) in [5, 5.41) is 18.1. The maximum Gasteiger partial charge on any atom is 0.181 e. The molecule has 2 aromatic carbocycles. The predicted molar refractivity (Wildman–Crippen MR) is 164 cm³/mol. The number of piperidine rings is 1. The third-order valence-corrected chi connectivity index (χ3v) is 8.26. The molecule has 0 unspecified atom stereocenters. The molecule has 7 aromatic rings. The molecule has 1 aliphatic rings. The first-order valence-corrected chi connectivity index (χ1v) is 14.5. The average Bonchev–Trinajstić information content (AvgIpc) is 3.77. The highest BCUT2D eigenvalue weighted by Crippen LogP contribution is 2.35. The van der Waals surface area contributed by atoms with Crippen LogP contribution in [0, 0.1) is 0 Å². The highest BCUT2D eigenvalue weighted by molar-refractivity contribution is 5.98. The lowest BCUT2D eigenvalue weighted by Crippen LogP contribution is -2.32. The van der Waals surface area contributed by atoms with Crippen LogP contribution in [0.25, 0.3) is 50.5 Å². The number of pyridine rings is 2. The molecule has 10 heteroatoms. The standard InChI is InChI=1S/C33H28N10/c1-2-4-23(5-3-1)26-18-27-28(12-17-43-21-36-41-33(27)43)37-30(26)24-8-6-22(7-9-24)20-42-15-10-25(11-16-42)31-38-32(40-39-31)29-19-34-13-14-35-29/h1-9,12-14,17-19,21,25H,10-11,15-16,20H2,(H,38,39,40). The summed E-state index contributed by atoms with van der Waals surface area (Å²) in [5.74, 6) is 1.98. The summed E-state index contributed by atoms with van der Waals surface area (Å²) < 4.78 is 1.93. The van der Waals surface area contributed by atoms with E-state index in [2.05, 4.69) is 94.8 Å². The van der Waals surface area contributed by atoms with Crippen molar-refractivity contribution in [1.29, 1.82) is 0 Å². The molecule has 0 bridgehead atoms. The van der Waals surface area contributed by atoms with Gasteiger partial charge in [0.05, 0.1) is 17.4 Å². The van der Waals surface area contributed by atoms with Gasteiger partial charge in [0.15, 0.2) is 11.5 Å². The van der Waals surface area contributed by atoms with Gasteiger partial charge in [-0.2, -0.15) is 0 Å². The second-order valence-corrected chi connectivity index (χ2v) is 11.0. The fourth-order valence-corrected chi connectivity index (χ4v) is 5.97. The monoisotopic (exact) mass is 564 g/mol. The van der Waals surface area contributed by atoms with Gasteiger partial charge in [-0.15, -0.1) is 20.4 Å². The van der Waals surface area contributed by atoms with Crippen LogP contribution in [0.2, 0.25) is 0 Å². The van der Waals surface area contributed by atoms with Crippen molar-refractivity contribution in [2.24, 2.45) is 0 Å². The molecule has 0 aliphatic carbocycles. The Kier molecular flexibility index (Phi) is 6.38. The summed E-state index contributed by atoms with van der Waals surface area (Å²) in [6.07, 6.45) is 10.8. The summed E-state index contributed by atoms with van der Waals surface area (Å²) in [5.41, 5.74) is 7.96. The summed E-state index contributed by atoms with van der Waals surface area (Å²) in [6, 6.07) is 23.5. The van der Waals surface area contributed by atoms with E-state index >= 15 is 0 Å². The Morgan fingerprint density at radius 2 is 1.72 bits per heavy atom. The maximum atomic E-state index is 5.14. The molecule has 1 fully saturated rings. The van der Waals surface area contributed by atoms with Crippen LogP contribution in [0.1, 0.15) is 30.1 Å². The highest BCUT2D eigenvalue weighted by Gasteiger charge is 2.24. The van der Waals surface area contributed by atoms with Gasteiger partial charge in [-0.3, -0.25) is 14.3 Å². The molecular weight excluding hydrogens is 536 g/mol. The minimum atomic E-state index is 0.367. The van der Waals surface area contributed by atoms with Crippen LogP contribution in [0.4, 0.5) is 0 Å². The second kappa shape index (κ2) is 10.8.